The molecule has 0 saturated heterocycles. The number of para-hydroxylation sites is 1. The van der Waals surface area contributed by atoms with Gasteiger partial charge in [0.15, 0.2) is 0 Å². The van der Waals surface area contributed by atoms with Crippen molar-refractivity contribution < 1.29 is 15.0 Å². The molecule has 1 unspecified atom stereocenters. The van der Waals surface area contributed by atoms with Crippen molar-refractivity contribution in [1.29, 1.82) is 0 Å². The van der Waals surface area contributed by atoms with Gasteiger partial charge in [0.1, 0.15) is 10.8 Å². The minimum atomic E-state index is -0.840. The van der Waals surface area contributed by atoms with Gasteiger partial charge in [-0.25, -0.2) is 0 Å². The summed E-state index contributed by atoms with van der Waals surface area (Å²) in [6.45, 7) is 0. The lowest BCUT2D eigenvalue weighted by Crippen LogP contribution is -2.10. The molecule has 0 radical (unpaired) electrons. The lowest BCUT2D eigenvalue weighted by Gasteiger charge is -2.01. The van der Waals surface area contributed by atoms with Crippen molar-refractivity contribution in [3.63, 3.8) is 0 Å². The molecule has 1 aliphatic heterocycles. The zero-order valence-corrected chi connectivity index (χ0v) is 9.28. The van der Waals surface area contributed by atoms with Crippen LogP contribution in [0.4, 0.5) is 0 Å². The van der Waals surface area contributed by atoms with E-state index in [9.17, 15) is 9.90 Å². The second-order valence-corrected chi connectivity index (χ2v) is 4.52. The van der Waals surface area contributed by atoms with Gasteiger partial charge in [-0.15, -0.1) is 11.8 Å². The van der Waals surface area contributed by atoms with Gasteiger partial charge in [0.05, 0.1) is 12.5 Å². The molecule has 1 atom stereocenters. The van der Waals surface area contributed by atoms with Crippen molar-refractivity contribution in [2.24, 2.45) is 4.99 Å². The summed E-state index contributed by atoms with van der Waals surface area (Å²) in [5.74, 6) is 0.00767. The Morgan fingerprint density at radius 2 is 2.25 bits per heavy atom. The maximum Gasteiger partial charge on any atom is 0.305 e. The van der Waals surface area contributed by atoms with Crippen molar-refractivity contribution in [2.45, 2.75) is 12.5 Å². The van der Waals surface area contributed by atoms with Crippen LogP contribution in [0.5, 0.6) is 5.75 Å². The van der Waals surface area contributed by atoms with Crippen molar-refractivity contribution >= 4 is 22.8 Å². The third kappa shape index (κ3) is 2.36. The monoisotopic (exact) mass is 237 g/mol. The first-order chi connectivity index (χ1) is 7.66. The molecule has 1 heterocycles. The summed E-state index contributed by atoms with van der Waals surface area (Å²) >= 11 is 1.49. The molecule has 2 N–H and O–H groups in total. The molecule has 0 amide bonds. The number of carboxylic acid groups (broad SMARTS) is 1. The standard InChI is InChI=1S/C11H11NO3S/c13-9-4-2-1-3-8(9)11-12-7(6-16-11)5-10(14)15/h1-4,7,13H,5-6H2,(H,14,15). The second-order valence-electron chi connectivity index (χ2n) is 3.51. The summed E-state index contributed by atoms with van der Waals surface area (Å²) < 4.78 is 0. The van der Waals surface area contributed by atoms with E-state index in [2.05, 4.69) is 4.99 Å². The molecular formula is C11H11NO3S. The van der Waals surface area contributed by atoms with Crippen LogP contribution in [0.15, 0.2) is 29.3 Å². The van der Waals surface area contributed by atoms with Gasteiger partial charge in [0.25, 0.3) is 0 Å². The van der Waals surface area contributed by atoms with E-state index in [-0.39, 0.29) is 18.2 Å². The average molecular weight is 237 g/mol. The van der Waals surface area contributed by atoms with E-state index in [0.29, 0.717) is 11.3 Å². The van der Waals surface area contributed by atoms with Crippen LogP contribution >= 0.6 is 11.8 Å². The molecule has 0 aliphatic carbocycles. The Morgan fingerprint density at radius 1 is 1.50 bits per heavy atom. The summed E-state index contributed by atoms with van der Waals surface area (Å²) in [7, 11) is 0. The summed E-state index contributed by atoms with van der Waals surface area (Å²) in [6, 6.07) is 6.76. The van der Waals surface area contributed by atoms with Crippen LogP contribution in [-0.4, -0.2) is 33.0 Å². The molecule has 0 fully saturated rings. The zero-order valence-electron chi connectivity index (χ0n) is 8.46. The van der Waals surface area contributed by atoms with Crippen molar-refractivity contribution in [3.8, 4) is 5.75 Å². The molecule has 1 aromatic carbocycles. The van der Waals surface area contributed by atoms with Gasteiger partial charge < -0.3 is 10.2 Å². The van der Waals surface area contributed by atoms with Gasteiger partial charge in [0.2, 0.25) is 0 Å². The molecule has 0 saturated carbocycles. The number of rotatable bonds is 3. The molecular weight excluding hydrogens is 226 g/mol. The molecule has 0 bridgehead atoms. The van der Waals surface area contributed by atoms with Crippen LogP contribution in [0.1, 0.15) is 12.0 Å². The molecule has 84 valence electrons. The van der Waals surface area contributed by atoms with Crippen LogP contribution in [0.3, 0.4) is 0 Å². The van der Waals surface area contributed by atoms with E-state index in [4.69, 9.17) is 5.11 Å². The van der Waals surface area contributed by atoms with Crippen LogP contribution in [0.25, 0.3) is 0 Å². The lowest BCUT2D eigenvalue weighted by atomic mass is 10.2. The number of aromatic hydroxyl groups is 1. The largest absolute Gasteiger partial charge is 0.507 e. The highest BCUT2D eigenvalue weighted by atomic mass is 32.2. The maximum atomic E-state index is 10.5. The number of benzene rings is 1. The first kappa shape index (κ1) is 11.0. The van der Waals surface area contributed by atoms with Crippen LogP contribution < -0.4 is 0 Å². The van der Waals surface area contributed by atoms with E-state index in [1.54, 1.807) is 18.2 Å². The Balaban J connectivity index is 2.18. The Morgan fingerprint density at radius 3 is 2.94 bits per heavy atom. The fourth-order valence-corrected chi connectivity index (χ4v) is 2.62. The predicted octanol–water partition coefficient (Wildman–Crippen LogP) is 1.73. The number of thioether (sulfide) groups is 1. The molecule has 0 aromatic heterocycles. The normalized spacial score (nSPS) is 19.5. The summed E-state index contributed by atoms with van der Waals surface area (Å²) in [5, 5.41) is 19.0. The number of phenols is 1. The van der Waals surface area contributed by atoms with Gasteiger partial charge >= 0.3 is 5.97 Å². The number of nitrogens with zero attached hydrogens (tertiary/aromatic N) is 1. The Labute approximate surface area is 97.0 Å². The maximum absolute atomic E-state index is 10.5. The molecule has 5 heteroatoms. The topological polar surface area (TPSA) is 69.9 Å². The molecule has 1 aliphatic rings. The predicted molar refractivity (Wildman–Crippen MR) is 63.1 cm³/mol. The number of phenolic OH excluding ortho intramolecular Hbond substituents is 1. The van der Waals surface area contributed by atoms with Gasteiger partial charge in [0, 0.05) is 11.3 Å². The van der Waals surface area contributed by atoms with E-state index >= 15 is 0 Å². The third-order valence-electron chi connectivity index (χ3n) is 2.26. The minimum absolute atomic E-state index is 0.0457. The zero-order chi connectivity index (χ0) is 11.5. The number of aliphatic imine (C=N–C) groups is 1. The third-order valence-corrected chi connectivity index (χ3v) is 3.41. The van der Waals surface area contributed by atoms with E-state index < -0.39 is 5.97 Å². The number of aliphatic carboxylic acids is 1. The first-order valence-corrected chi connectivity index (χ1v) is 5.86. The summed E-state index contributed by atoms with van der Waals surface area (Å²) in [4.78, 5) is 14.8. The highest BCUT2D eigenvalue weighted by Crippen LogP contribution is 2.29. The van der Waals surface area contributed by atoms with Crippen molar-refractivity contribution in [1.82, 2.24) is 0 Å². The average Bonchev–Trinajstić information content (AvgIpc) is 2.66. The van der Waals surface area contributed by atoms with Crippen LogP contribution in [-0.2, 0) is 4.79 Å². The van der Waals surface area contributed by atoms with E-state index in [0.717, 1.165) is 5.04 Å². The fraction of sp³-hybridized carbons (Fsp3) is 0.273. The fourth-order valence-electron chi connectivity index (χ4n) is 1.52. The Kier molecular flexibility index (Phi) is 3.14. The van der Waals surface area contributed by atoms with Gasteiger partial charge in [-0.2, -0.15) is 0 Å². The molecule has 0 spiro atoms. The molecule has 16 heavy (non-hydrogen) atoms. The van der Waals surface area contributed by atoms with Gasteiger partial charge in [-0.05, 0) is 12.1 Å². The SMILES string of the molecule is O=C(O)CC1CSC(c2ccccc2O)=N1. The van der Waals surface area contributed by atoms with E-state index in [1.807, 2.05) is 6.07 Å². The highest BCUT2D eigenvalue weighted by Gasteiger charge is 2.22. The first-order valence-electron chi connectivity index (χ1n) is 4.87. The molecule has 2 rings (SSSR count). The number of carboxylic acids is 1. The van der Waals surface area contributed by atoms with Crippen LogP contribution in [0.2, 0.25) is 0 Å². The minimum Gasteiger partial charge on any atom is -0.507 e. The van der Waals surface area contributed by atoms with E-state index in [1.165, 1.54) is 11.8 Å². The Hall–Kier alpha value is -1.49. The lowest BCUT2D eigenvalue weighted by molar-refractivity contribution is -0.137. The summed E-state index contributed by atoms with van der Waals surface area (Å²) in [6.07, 6.45) is 0.0457. The number of carbonyl (C=O) groups is 1. The smallest absolute Gasteiger partial charge is 0.305 e. The highest BCUT2D eigenvalue weighted by molar-refractivity contribution is 8.14. The molecule has 1 aromatic rings. The molecule has 4 nitrogen and oxygen atoms in total. The van der Waals surface area contributed by atoms with Crippen molar-refractivity contribution in [2.75, 3.05) is 5.75 Å². The number of hydrogen-bond acceptors (Lipinski definition) is 4. The number of hydrogen-bond donors (Lipinski definition) is 2. The Bertz CT molecular complexity index is 445. The van der Waals surface area contributed by atoms with Crippen molar-refractivity contribution in [3.05, 3.63) is 29.8 Å². The van der Waals surface area contributed by atoms with Gasteiger partial charge in [-0.3, -0.25) is 9.79 Å². The van der Waals surface area contributed by atoms with Crippen LogP contribution in [0, 0.1) is 0 Å². The quantitative estimate of drug-likeness (QED) is 0.840. The second kappa shape index (κ2) is 4.57. The summed E-state index contributed by atoms with van der Waals surface area (Å²) in [5.41, 5.74) is 0.681. The van der Waals surface area contributed by atoms with Gasteiger partial charge in [-0.1, -0.05) is 12.1 Å².